The molecule has 1 fully saturated rings. The van der Waals surface area contributed by atoms with E-state index >= 15 is 0 Å². The van der Waals surface area contributed by atoms with E-state index in [9.17, 15) is 25.2 Å². The van der Waals surface area contributed by atoms with Gasteiger partial charge in [0, 0.05) is 0 Å². The molecule has 1 heterocycles. The van der Waals surface area contributed by atoms with Crippen molar-refractivity contribution in [2.24, 2.45) is 4.99 Å². The van der Waals surface area contributed by atoms with E-state index < -0.39 is 43.4 Å². The van der Waals surface area contributed by atoms with Crippen LogP contribution in [-0.4, -0.2) is 76.4 Å². The molecule has 0 aliphatic carbocycles. The van der Waals surface area contributed by atoms with Crippen LogP contribution in [0.4, 0.5) is 4.79 Å². The number of ether oxygens (including phenoxy) is 2. The fourth-order valence-corrected chi connectivity index (χ4v) is 2.39. The second kappa shape index (κ2) is 10.9. The molecule has 156 valence electrons. The number of aliphatic hydroxyl groups is 4. The molecule has 0 unspecified atom stereocenters. The number of amides is 1. The molecule has 1 aliphatic rings. The van der Waals surface area contributed by atoms with Crippen molar-refractivity contribution in [1.29, 1.82) is 0 Å². The number of hydroxylamine groups is 1. The van der Waals surface area contributed by atoms with Gasteiger partial charge in [-0.3, -0.25) is 5.32 Å². The number of nitrogens with one attached hydrogen (secondary N) is 2. The number of guanidine groups is 1. The van der Waals surface area contributed by atoms with Crippen molar-refractivity contribution in [1.82, 2.24) is 10.8 Å². The first kappa shape index (κ1) is 22.0. The molecule has 5 atom stereocenters. The summed E-state index contributed by atoms with van der Waals surface area (Å²) in [7, 11) is 0. The van der Waals surface area contributed by atoms with Crippen LogP contribution in [0.25, 0.3) is 0 Å². The van der Waals surface area contributed by atoms with Gasteiger partial charge >= 0.3 is 6.09 Å². The minimum atomic E-state index is -1.61. The maximum absolute atomic E-state index is 11.7. The molecule has 11 nitrogen and oxygen atoms in total. The maximum Gasteiger partial charge on any atom is 0.413 e. The van der Waals surface area contributed by atoms with Gasteiger partial charge in [-0.15, -0.1) is 0 Å². The van der Waals surface area contributed by atoms with Crippen molar-refractivity contribution in [2.45, 2.75) is 44.2 Å². The summed E-state index contributed by atoms with van der Waals surface area (Å²) in [6.07, 6.45) is -8.07. The highest BCUT2D eigenvalue weighted by atomic mass is 16.8. The molecule has 0 spiro atoms. The van der Waals surface area contributed by atoms with E-state index in [1.165, 1.54) is 0 Å². The first-order chi connectivity index (χ1) is 13.5. The third-order valence-electron chi connectivity index (χ3n) is 3.88. The molecule has 1 aromatic rings. The average Bonchev–Trinajstić information content (AvgIpc) is 2.70. The van der Waals surface area contributed by atoms with Crippen LogP contribution in [0.15, 0.2) is 35.3 Å². The van der Waals surface area contributed by atoms with E-state index in [2.05, 4.69) is 15.8 Å². The Morgan fingerprint density at radius 3 is 2.54 bits per heavy atom. The van der Waals surface area contributed by atoms with E-state index in [1.807, 2.05) is 30.3 Å². The Morgan fingerprint density at radius 1 is 1.18 bits per heavy atom. The smallest absolute Gasteiger partial charge is 0.413 e. The van der Waals surface area contributed by atoms with Gasteiger partial charge in [0.2, 0.25) is 12.2 Å². The minimum Gasteiger partial charge on any atom is -0.450 e. The second-order valence-electron chi connectivity index (χ2n) is 5.91. The summed E-state index contributed by atoms with van der Waals surface area (Å²) in [6.45, 7) is 1.39. The monoisotopic (exact) mass is 399 g/mol. The number of hydrogen-bond acceptors (Lipinski definition) is 9. The minimum absolute atomic E-state index is 0.126. The van der Waals surface area contributed by atoms with Gasteiger partial charge in [-0.2, -0.15) is 0 Å². The van der Waals surface area contributed by atoms with Gasteiger partial charge in [0.25, 0.3) is 0 Å². The number of benzene rings is 1. The van der Waals surface area contributed by atoms with Crippen LogP contribution in [0, 0.1) is 0 Å². The molecule has 1 aliphatic heterocycles. The highest BCUT2D eigenvalue weighted by Crippen LogP contribution is 2.21. The van der Waals surface area contributed by atoms with Crippen molar-refractivity contribution in [3.8, 4) is 0 Å². The normalized spacial score (nSPS) is 27.9. The van der Waals surface area contributed by atoms with E-state index in [0.717, 1.165) is 5.56 Å². The summed E-state index contributed by atoms with van der Waals surface area (Å²) in [6, 6.07) is 9.20. The molecular formula is C17H25N3O8. The summed E-state index contributed by atoms with van der Waals surface area (Å²) in [4.78, 5) is 21.0. The van der Waals surface area contributed by atoms with Crippen LogP contribution in [-0.2, 0) is 20.9 Å². The zero-order valence-corrected chi connectivity index (χ0v) is 15.3. The Balaban J connectivity index is 2.03. The van der Waals surface area contributed by atoms with Crippen LogP contribution in [0.1, 0.15) is 12.5 Å². The lowest BCUT2D eigenvalue weighted by Crippen LogP contribution is -2.60. The van der Waals surface area contributed by atoms with Crippen molar-refractivity contribution in [3.05, 3.63) is 35.9 Å². The Kier molecular flexibility index (Phi) is 8.57. The molecule has 1 amide bonds. The standard InChI is InChI=1S/C17H25N3O8/c1-2-26-17(25)19-16(18-8-10-6-4-3-5-7-10)20-28-15-14(24)13(23)12(22)11(9-21)27-15/h3-7,11-15,21-24H,2,8-9H2,1H3,(H2,18,19,20,25)/t11-,12+,13+,14-,15+/m1/s1. The largest absolute Gasteiger partial charge is 0.450 e. The van der Waals surface area contributed by atoms with Gasteiger partial charge in [-0.05, 0) is 12.5 Å². The fraction of sp³-hybridized carbons (Fsp3) is 0.529. The number of hydrogen-bond donors (Lipinski definition) is 6. The zero-order valence-electron chi connectivity index (χ0n) is 15.3. The lowest BCUT2D eigenvalue weighted by molar-refractivity contribution is -0.310. The first-order valence-corrected chi connectivity index (χ1v) is 8.70. The van der Waals surface area contributed by atoms with Gasteiger partial charge in [0.05, 0.1) is 19.8 Å². The van der Waals surface area contributed by atoms with E-state index in [4.69, 9.17) is 14.3 Å². The van der Waals surface area contributed by atoms with Crippen LogP contribution >= 0.6 is 0 Å². The number of rotatable bonds is 6. The maximum atomic E-state index is 11.7. The fourth-order valence-electron chi connectivity index (χ4n) is 2.39. The number of carbonyl (C=O) groups is 1. The van der Waals surface area contributed by atoms with Crippen molar-refractivity contribution in [3.63, 3.8) is 0 Å². The highest BCUT2D eigenvalue weighted by molar-refractivity contribution is 5.93. The third kappa shape index (κ3) is 6.12. The molecule has 0 saturated carbocycles. The van der Waals surface area contributed by atoms with E-state index in [1.54, 1.807) is 6.92 Å². The van der Waals surface area contributed by atoms with Gasteiger partial charge in [0.1, 0.15) is 24.4 Å². The molecule has 11 heteroatoms. The van der Waals surface area contributed by atoms with Crippen LogP contribution < -0.4 is 10.8 Å². The molecule has 1 aromatic carbocycles. The summed E-state index contributed by atoms with van der Waals surface area (Å²) in [5.41, 5.74) is 3.20. The third-order valence-corrected chi connectivity index (χ3v) is 3.88. The van der Waals surface area contributed by atoms with E-state index in [-0.39, 0.29) is 19.1 Å². The van der Waals surface area contributed by atoms with Crippen LogP contribution in [0.3, 0.4) is 0 Å². The SMILES string of the molecule is CCOC(=O)NC(=NCc1ccccc1)NO[C@@H]1O[C@H](CO)[C@H](O)[C@H](O)[C@H]1O. The number of carbonyl (C=O) groups excluding carboxylic acids is 1. The van der Waals surface area contributed by atoms with Crippen molar-refractivity contribution < 1.29 is 39.5 Å². The molecule has 1 saturated heterocycles. The summed E-state index contributed by atoms with van der Waals surface area (Å²) in [5.74, 6) is -0.126. The molecule has 28 heavy (non-hydrogen) atoms. The van der Waals surface area contributed by atoms with Crippen LogP contribution in [0.5, 0.6) is 0 Å². The Morgan fingerprint density at radius 2 is 1.89 bits per heavy atom. The lowest BCUT2D eigenvalue weighted by Gasteiger charge is -2.39. The lowest BCUT2D eigenvalue weighted by atomic mass is 9.99. The van der Waals surface area contributed by atoms with Crippen LogP contribution in [0.2, 0.25) is 0 Å². The van der Waals surface area contributed by atoms with E-state index in [0.29, 0.717) is 0 Å². The molecule has 0 bridgehead atoms. The molecular weight excluding hydrogens is 374 g/mol. The van der Waals surface area contributed by atoms with Crippen molar-refractivity contribution >= 4 is 12.1 Å². The summed E-state index contributed by atoms with van der Waals surface area (Å²) < 4.78 is 9.99. The summed E-state index contributed by atoms with van der Waals surface area (Å²) in [5, 5.41) is 41.1. The predicted octanol–water partition coefficient (Wildman–Crippen LogP) is -1.39. The molecule has 6 N–H and O–H groups in total. The van der Waals surface area contributed by atoms with Gasteiger partial charge in [-0.25, -0.2) is 20.1 Å². The highest BCUT2D eigenvalue weighted by Gasteiger charge is 2.44. The predicted molar refractivity (Wildman–Crippen MR) is 95.7 cm³/mol. The van der Waals surface area contributed by atoms with Gasteiger partial charge in [0.15, 0.2) is 0 Å². The topological polar surface area (TPSA) is 162 Å². The zero-order chi connectivity index (χ0) is 20.5. The number of nitrogens with zero attached hydrogens (tertiary/aromatic N) is 1. The molecule has 0 radical (unpaired) electrons. The number of alkyl carbamates (subject to hydrolysis) is 1. The first-order valence-electron chi connectivity index (χ1n) is 8.70. The number of aliphatic hydroxyl groups excluding tert-OH is 4. The Hall–Kier alpha value is -2.28. The Labute approximate surface area is 161 Å². The quantitative estimate of drug-likeness (QED) is 0.192. The second-order valence-corrected chi connectivity index (χ2v) is 5.91. The Bertz CT molecular complexity index is 643. The summed E-state index contributed by atoms with van der Waals surface area (Å²) >= 11 is 0. The van der Waals surface area contributed by atoms with Gasteiger partial charge < -0.3 is 29.9 Å². The molecule has 0 aromatic heterocycles. The number of aliphatic imine (C=N–C) groups is 1. The van der Waals surface area contributed by atoms with Gasteiger partial charge in [-0.1, -0.05) is 30.3 Å². The molecule has 2 rings (SSSR count). The van der Waals surface area contributed by atoms with Crippen molar-refractivity contribution in [2.75, 3.05) is 13.2 Å². The average molecular weight is 399 g/mol.